The van der Waals surface area contributed by atoms with Gasteiger partial charge in [-0.15, -0.1) is 0 Å². The lowest BCUT2D eigenvalue weighted by molar-refractivity contribution is 0.348. The van der Waals surface area contributed by atoms with Gasteiger partial charge in [-0.05, 0) is 55.4 Å². The largest absolute Gasteiger partial charge is 0.302 e. The van der Waals surface area contributed by atoms with Gasteiger partial charge in [-0.1, -0.05) is 0 Å². The monoisotopic (exact) mass is 198 g/mol. The van der Waals surface area contributed by atoms with Crippen LogP contribution in [0.2, 0.25) is 0 Å². The van der Waals surface area contributed by atoms with Crippen LogP contribution in [-0.4, -0.2) is 22.8 Å². The highest BCUT2D eigenvalue weighted by atomic mass is 15.0. The van der Waals surface area contributed by atoms with Crippen molar-refractivity contribution in [3.63, 3.8) is 0 Å². The number of hydrogen-bond donors (Lipinski definition) is 1. The third-order valence-electron chi connectivity index (χ3n) is 1.47. The maximum atomic E-state index is 4.52. The quantitative estimate of drug-likeness (QED) is 0.678. The predicted molar refractivity (Wildman–Crippen MR) is 65.2 cm³/mol. The van der Waals surface area contributed by atoms with Gasteiger partial charge in [-0.2, -0.15) is 0 Å². The van der Waals surface area contributed by atoms with Crippen molar-refractivity contribution in [2.75, 3.05) is 0 Å². The smallest absolute Gasteiger partial charge is 0.0521 e. The van der Waals surface area contributed by atoms with Crippen LogP contribution in [0.15, 0.2) is 4.99 Å². The van der Waals surface area contributed by atoms with E-state index < -0.39 is 0 Å². The van der Waals surface area contributed by atoms with E-state index in [1.165, 1.54) is 0 Å². The summed E-state index contributed by atoms with van der Waals surface area (Å²) in [5.41, 5.74) is 0.0791. The summed E-state index contributed by atoms with van der Waals surface area (Å²) in [6, 6.07) is 0. The normalized spacial score (nSPS) is 15.1. The molecule has 0 aromatic rings. The van der Waals surface area contributed by atoms with Crippen molar-refractivity contribution in [3.8, 4) is 0 Å². The van der Waals surface area contributed by atoms with Gasteiger partial charge >= 0.3 is 0 Å². The van der Waals surface area contributed by atoms with Gasteiger partial charge in [0.2, 0.25) is 0 Å². The van der Waals surface area contributed by atoms with Gasteiger partial charge in [0.25, 0.3) is 0 Å². The zero-order valence-corrected chi connectivity index (χ0v) is 11.0. The van der Waals surface area contributed by atoms with Gasteiger partial charge in [0.15, 0.2) is 0 Å². The molecule has 14 heavy (non-hydrogen) atoms. The van der Waals surface area contributed by atoms with Crippen molar-refractivity contribution >= 4 is 6.21 Å². The fraction of sp³-hybridized carbons (Fsp3) is 0.917. The zero-order chi connectivity index (χ0) is 11.6. The van der Waals surface area contributed by atoms with Gasteiger partial charge in [0.1, 0.15) is 0 Å². The van der Waals surface area contributed by atoms with E-state index in [4.69, 9.17) is 0 Å². The topological polar surface area (TPSA) is 24.4 Å². The molecule has 0 rings (SSSR count). The van der Waals surface area contributed by atoms with Gasteiger partial charge in [-0.3, -0.25) is 4.99 Å². The molecule has 0 bridgehead atoms. The summed E-state index contributed by atoms with van der Waals surface area (Å²) in [4.78, 5) is 4.52. The molecule has 0 aromatic heterocycles. The molecule has 0 radical (unpaired) electrons. The minimum Gasteiger partial charge on any atom is -0.302 e. The van der Waals surface area contributed by atoms with E-state index in [1.54, 1.807) is 0 Å². The van der Waals surface area contributed by atoms with E-state index in [1.807, 2.05) is 6.21 Å². The minimum absolute atomic E-state index is 0.0107. The fourth-order valence-corrected chi connectivity index (χ4v) is 1.35. The molecule has 2 heteroatoms. The standard InChI is InChI=1S/C12H26N2/c1-10(2,3)13-9-12(7,8)14-11(4,5)6/h9,14H,1-8H3/b13-9+. The van der Waals surface area contributed by atoms with Gasteiger partial charge in [0, 0.05) is 17.3 Å². The number of nitrogens with zero attached hydrogens (tertiary/aromatic N) is 1. The Balaban J connectivity index is 4.43. The Morgan fingerprint density at radius 2 is 1.29 bits per heavy atom. The summed E-state index contributed by atoms with van der Waals surface area (Å²) in [7, 11) is 0. The van der Waals surface area contributed by atoms with Crippen LogP contribution in [0.3, 0.4) is 0 Å². The van der Waals surface area contributed by atoms with Crippen LogP contribution < -0.4 is 5.32 Å². The summed E-state index contributed by atoms with van der Waals surface area (Å²) < 4.78 is 0. The Labute approximate surface area is 89.2 Å². The molecule has 0 saturated carbocycles. The molecule has 0 amide bonds. The highest BCUT2D eigenvalue weighted by Gasteiger charge is 2.22. The van der Waals surface area contributed by atoms with Crippen molar-refractivity contribution in [2.45, 2.75) is 72.0 Å². The van der Waals surface area contributed by atoms with E-state index in [2.05, 4.69) is 65.7 Å². The first kappa shape index (κ1) is 13.6. The highest BCUT2D eigenvalue weighted by Crippen LogP contribution is 2.11. The Morgan fingerprint density at radius 3 is 1.57 bits per heavy atom. The molecule has 0 fully saturated rings. The second-order valence-corrected chi connectivity index (χ2v) is 6.53. The van der Waals surface area contributed by atoms with Crippen molar-refractivity contribution < 1.29 is 0 Å². The molecule has 0 unspecified atom stereocenters. The van der Waals surface area contributed by atoms with Crippen LogP contribution in [0.25, 0.3) is 0 Å². The zero-order valence-electron chi connectivity index (χ0n) is 11.0. The maximum absolute atomic E-state index is 4.52. The lowest BCUT2D eigenvalue weighted by Gasteiger charge is -2.32. The van der Waals surface area contributed by atoms with Crippen molar-refractivity contribution in [1.29, 1.82) is 0 Å². The van der Waals surface area contributed by atoms with Crippen LogP contribution >= 0.6 is 0 Å². The number of aliphatic imine (C=N–C) groups is 1. The summed E-state index contributed by atoms with van der Waals surface area (Å²) in [6.45, 7) is 17.1. The maximum Gasteiger partial charge on any atom is 0.0521 e. The average molecular weight is 198 g/mol. The third kappa shape index (κ3) is 8.24. The van der Waals surface area contributed by atoms with E-state index in [0.717, 1.165) is 0 Å². The Bertz CT molecular complexity index is 201. The van der Waals surface area contributed by atoms with Gasteiger partial charge in [0.05, 0.1) is 5.54 Å². The Hall–Kier alpha value is -0.370. The molecule has 0 saturated heterocycles. The highest BCUT2D eigenvalue weighted by molar-refractivity contribution is 5.69. The fourth-order valence-electron chi connectivity index (χ4n) is 1.35. The first-order chi connectivity index (χ1) is 5.91. The van der Waals surface area contributed by atoms with Gasteiger partial charge < -0.3 is 5.32 Å². The molecule has 1 N–H and O–H groups in total. The Kier molecular flexibility index (Phi) is 3.91. The van der Waals surface area contributed by atoms with Crippen molar-refractivity contribution in [3.05, 3.63) is 0 Å². The first-order valence-electron chi connectivity index (χ1n) is 5.27. The first-order valence-corrected chi connectivity index (χ1v) is 5.27. The predicted octanol–water partition coefficient (Wildman–Crippen LogP) is 3.02. The summed E-state index contributed by atoms with van der Waals surface area (Å²) in [6.07, 6.45) is 2.01. The number of rotatable bonds is 2. The molecule has 0 aliphatic rings. The molecule has 0 atom stereocenters. The lowest BCUT2D eigenvalue weighted by atomic mass is 9.99. The van der Waals surface area contributed by atoms with Crippen LogP contribution in [-0.2, 0) is 0 Å². The van der Waals surface area contributed by atoms with Crippen molar-refractivity contribution in [1.82, 2.24) is 5.32 Å². The van der Waals surface area contributed by atoms with Crippen LogP contribution in [0.1, 0.15) is 55.4 Å². The van der Waals surface area contributed by atoms with Crippen LogP contribution in [0.5, 0.6) is 0 Å². The van der Waals surface area contributed by atoms with E-state index in [0.29, 0.717) is 0 Å². The number of hydrogen-bond acceptors (Lipinski definition) is 2. The van der Waals surface area contributed by atoms with Crippen molar-refractivity contribution in [2.24, 2.45) is 4.99 Å². The van der Waals surface area contributed by atoms with Gasteiger partial charge in [-0.25, -0.2) is 0 Å². The van der Waals surface area contributed by atoms with E-state index in [-0.39, 0.29) is 16.6 Å². The lowest BCUT2D eigenvalue weighted by Crippen LogP contribution is -2.51. The Morgan fingerprint density at radius 1 is 0.857 bits per heavy atom. The number of nitrogens with one attached hydrogen (secondary N) is 1. The molecule has 0 aliphatic carbocycles. The molecule has 0 spiro atoms. The van der Waals surface area contributed by atoms with E-state index in [9.17, 15) is 0 Å². The third-order valence-corrected chi connectivity index (χ3v) is 1.47. The summed E-state index contributed by atoms with van der Waals surface area (Å²) in [5.74, 6) is 0. The molecule has 0 aliphatic heterocycles. The summed E-state index contributed by atoms with van der Waals surface area (Å²) in [5, 5.41) is 3.52. The second kappa shape index (κ2) is 4.01. The summed E-state index contributed by atoms with van der Waals surface area (Å²) >= 11 is 0. The molecule has 0 heterocycles. The molecule has 84 valence electrons. The molecular formula is C12H26N2. The molecular weight excluding hydrogens is 172 g/mol. The SMILES string of the molecule is CC(C)(C)/N=C/C(C)(C)NC(C)(C)C. The second-order valence-electron chi connectivity index (χ2n) is 6.53. The van der Waals surface area contributed by atoms with Crippen LogP contribution in [0, 0.1) is 0 Å². The molecule has 2 nitrogen and oxygen atoms in total. The molecule has 0 aromatic carbocycles. The minimum atomic E-state index is -0.0501. The van der Waals surface area contributed by atoms with E-state index >= 15 is 0 Å². The van der Waals surface area contributed by atoms with Crippen LogP contribution in [0.4, 0.5) is 0 Å². The average Bonchev–Trinajstić information content (AvgIpc) is 1.76.